The van der Waals surface area contributed by atoms with Gasteiger partial charge in [0.05, 0.1) is 5.92 Å². The van der Waals surface area contributed by atoms with Crippen molar-refractivity contribution in [1.82, 2.24) is 15.5 Å². The van der Waals surface area contributed by atoms with Gasteiger partial charge in [-0.25, -0.2) is 4.39 Å². The van der Waals surface area contributed by atoms with E-state index in [0.717, 1.165) is 25.7 Å². The molecular formula is C19H25FN4O2. The molecule has 0 radical (unpaired) electrons. The van der Waals surface area contributed by atoms with Crippen LogP contribution in [0.5, 0.6) is 0 Å². The van der Waals surface area contributed by atoms with Gasteiger partial charge < -0.3 is 15.6 Å². The molecule has 1 aliphatic rings. The first kappa shape index (κ1) is 18.5. The van der Waals surface area contributed by atoms with Crippen molar-refractivity contribution in [3.05, 3.63) is 35.5 Å². The molecule has 0 bridgehead atoms. The number of halogens is 1. The van der Waals surface area contributed by atoms with Gasteiger partial charge in [-0.3, -0.25) is 4.79 Å². The molecule has 6 nitrogen and oxygen atoms in total. The molecule has 1 saturated carbocycles. The first-order valence-electron chi connectivity index (χ1n) is 8.97. The van der Waals surface area contributed by atoms with Crippen LogP contribution in [0.15, 0.2) is 22.7 Å². The van der Waals surface area contributed by atoms with E-state index in [0.29, 0.717) is 17.0 Å². The lowest BCUT2D eigenvalue weighted by atomic mass is 9.74. The number of nitrogens with two attached hydrogens (primary N) is 1. The van der Waals surface area contributed by atoms with E-state index in [2.05, 4.69) is 15.5 Å². The molecular weight excluding hydrogens is 335 g/mol. The minimum atomic E-state index is -0.499. The van der Waals surface area contributed by atoms with Gasteiger partial charge >= 0.3 is 0 Å². The molecule has 1 amide bonds. The fraction of sp³-hybridized carbons (Fsp3) is 0.526. The van der Waals surface area contributed by atoms with Gasteiger partial charge in [0.2, 0.25) is 17.6 Å². The highest BCUT2D eigenvalue weighted by Crippen LogP contribution is 2.32. The van der Waals surface area contributed by atoms with Gasteiger partial charge in [0, 0.05) is 11.1 Å². The van der Waals surface area contributed by atoms with Crippen LogP contribution in [0, 0.1) is 18.7 Å². The molecule has 0 aliphatic heterocycles. The summed E-state index contributed by atoms with van der Waals surface area (Å²) in [5, 5.41) is 6.82. The second-order valence-corrected chi connectivity index (χ2v) is 7.45. The number of hydrogen-bond acceptors (Lipinski definition) is 5. The predicted molar refractivity (Wildman–Crippen MR) is 95.5 cm³/mol. The van der Waals surface area contributed by atoms with Gasteiger partial charge in [0.25, 0.3) is 0 Å². The fourth-order valence-corrected chi connectivity index (χ4v) is 3.42. The number of carbonyl (C=O) groups is 1. The summed E-state index contributed by atoms with van der Waals surface area (Å²) in [6, 6.07) is 4.32. The van der Waals surface area contributed by atoms with E-state index < -0.39 is 11.6 Å². The van der Waals surface area contributed by atoms with E-state index >= 15 is 0 Å². The number of amides is 1. The SMILES string of the molecule is Cc1ccc(-c2noc(C(C)NC(=O)C3CCCCC3(C)N)n2)cc1F. The topological polar surface area (TPSA) is 94.0 Å². The maximum atomic E-state index is 13.7. The molecule has 1 aliphatic carbocycles. The summed E-state index contributed by atoms with van der Waals surface area (Å²) < 4.78 is 19.0. The van der Waals surface area contributed by atoms with Gasteiger partial charge in [-0.15, -0.1) is 0 Å². The molecule has 3 atom stereocenters. The number of benzene rings is 1. The van der Waals surface area contributed by atoms with Crippen molar-refractivity contribution >= 4 is 5.91 Å². The van der Waals surface area contributed by atoms with E-state index in [9.17, 15) is 9.18 Å². The van der Waals surface area contributed by atoms with Crippen LogP contribution in [-0.2, 0) is 4.79 Å². The molecule has 3 rings (SSSR count). The minimum absolute atomic E-state index is 0.0941. The molecule has 1 heterocycles. The van der Waals surface area contributed by atoms with Crippen LogP contribution in [0.4, 0.5) is 4.39 Å². The average Bonchev–Trinajstić information content (AvgIpc) is 3.07. The largest absolute Gasteiger partial charge is 0.344 e. The maximum absolute atomic E-state index is 13.7. The summed E-state index contributed by atoms with van der Waals surface area (Å²) >= 11 is 0. The van der Waals surface area contributed by atoms with Gasteiger partial charge in [0.1, 0.15) is 11.9 Å². The summed E-state index contributed by atoms with van der Waals surface area (Å²) in [5.41, 5.74) is 6.88. The molecule has 0 spiro atoms. The number of hydrogen-bond donors (Lipinski definition) is 2. The normalized spacial score (nSPS) is 24.3. The van der Waals surface area contributed by atoms with E-state index in [-0.39, 0.29) is 23.5 Å². The van der Waals surface area contributed by atoms with Crippen molar-refractivity contribution in [3.63, 3.8) is 0 Å². The van der Waals surface area contributed by atoms with Crippen LogP contribution in [0.25, 0.3) is 11.4 Å². The van der Waals surface area contributed by atoms with Crippen molar-refractivity contribution in [2.75, 3.05) is 0 Å². The Balaban J connectivity index is 1.70. The third-order valence-corrected chi connectivity index (χ3v) is 5.17. The van der Waals surface area contributed by atoms with Gasteiger partial charge in [-0.2, -0.15) is 4.98 Å². The molecule has 1 fully saturated rings. The Labute approximate surface area is 152 Å². The molecule has 0 saturated heterocycles. The van der Waals surface area contributed by atoms with Crippen LogP contribution < -0.4 is 11.1 Å². The Morgan fingerprint density at radius 1 is 1.46 bits per heavy atom. The minimum Gasteiger partial charge on any atom is -0.344 e. The van der Waals surface area contributed by atoms with Crippen LogP contribution in [0.3, 0.4) is 0 Å². The number of nitrogens with one attached hydrogen (secondary N) is 1. The first-order valence-corrected chi connectivity index (χ1v) is 8.97. The first-order chi connectivity index (χ1) is 12.3. The summed E-state index contributed by atoms with van der Waals surface area (Å²) in [6.45, 7) is 5.40. The molecule has 26 heavy (non-hydrogen) atoms. The Bertz CT molecular complexity index is 803. The lowest BCUT2D eigenvalue weighted by Gasteiger charge is -2.37. The van der Waals surface area contributed by atoms with E-state index in [1.807, 2.05) is 6.92 Å². The quantitative estimate of drug-likeness (QED) is 0.873. The van der Waals surface area contributed by atoms with E-state index in [4.69, 9.17) is 10.3 Å². The lowest BCUT2D eigenvalue weighted by molar-refractivity contribution is -0.129. The fourth-order valence-electron chi connectivity index (χ4n) is 3.42. The zero-order chi connectivity index (χ0) is 18.9. The molecule has 140 valence electrons. The molecule has 1 aromatic carbocycles. The highest BCUT2D eigenvalue weighted by Gasteiger charge is 2.38. The Morgan fingerprint density at radius 2 is 2.23 bits per heavy atom. The number of aromatic nitrogens is 2. The van der Waals surface area contributed by atoms with Crippen LogP contribution >= 0.6 is 0 Å². The maximum Gasteiger partial charge on any atom is 0.249 e. The van der Waals surface area contributed by atoms with E-state index in [1.54, 1.807) is 26.0 Å². The van der Waals surface area contributed by atoms with Crippen LogP contribution in [-0.4, -0.2) is 21.6 Å². The number of carbonyl (C=O) groups excluding carboxylic acids is 1. The Hall–Kier alpha value is -2.28. The summed E-state index contributed by atoms with van der Waals surface area (Å²) in [4.78, 5) is 16.9. The molecule has 3 unspecified atom stereocenters. The standard InChI is InChI=1S/C19H25FN4O2/c1-11-7-8-13(10-15(11)20)16-23-18(26-24-16)12(2)22-17(25)14-6-4-5-9-19(14,3)21/h7-8,10,12,14H,4-6,9,21H2,1-3H3,(H,22,25). The zero-order valence-corrected chi connectivity index (χ0v) is 15.4. The second kappa shape index (κ2) is 7.15. The highest BCUT2D eigenvalue weighted by molar-refractivity contribution is 5.80. The number of aryl methyl sites for hydroxylation is 1. The predicted octanol–water partition coefficient (Wildman–Crippen LogP) is 3.27. The summed E-state index contributed by atoms with van der Waals surface area (Å²) in [5.74, 6) is -0.0736. The highest BCUT2D eigenvalue weighted by atomic mass is 19.1. The van der Waals surface area contributed by atoms with Crippen molar-refractivity contribution in [1.29, 1.82) is 0 Å². The average molecular weight is 360 g/mol. The Morgan fingerprint density at radius 3 is 2.92 bits per heavy atom. The van der Waals surface area contributed by atoms with Crippen molar-refractivity contribution < 1.29 is 13.7 Å². The molecule has 3 N–H and O–H groups in total. The van der Waals surface area contributed by atoms with Gasteiger partial charge in [0.15, 0.2) is 0 Å². The van der Waals surface area contributed by atoms with E-state index in [1.165, 1.54) is 6.07 Å². The van der Waals surface area contributed by atoms with Crippen LogP contribution in [0.2, 0.25) is 0 Å². The zero-order valence-electron chi connectivity index (χ0n) is 15.4. The monoisotopic (exact) mass is 360 g/mol. The second-order valence-electron chi connectivity index (χ2n) is 7.45. The van der Waals surface area contributed by atoms with Crippen LogP contribution in [0.1, 0.15) is 57.0 Å². The number of rotatable bonds is 4. The van der Waals surface area contributed by atoms with Crippen molar-refractivity contribution in [3.8, 4) is 11.4 Å². The number of nitrogens with zero attached hydrogens (tertiary/aromatic N) is 2. The van der Waals surface area contributed by atoms with Crippen molar-refractivity contribution in [2.24, 2.45) is 11.7 Å². The van der Waals surface area contributed by atoms with Gasteiger partial charge in [-0.05, 0) is 45.2 Å². The summed E-state index contributed by atoms with van der Waals surface area (Å²) in [7, 11) is 0. The smallest absolute Gasteiger partial charge is 0.249 e. The third-order valence-electron chi connectivity index (χ3n) is 5.17. The molecule has 1 aromatic heterocycles. The van der Waals surface area contributed by atoms with Gasteiger partial charge in [-0.1, -0.05) is 30.1 Å². The molecule has 7 heteroatoms. The van der Waals surface area contributed by atoms with Crippen molar-refractivity contribution in [2.45, 2.75) is 58.0 Å². The Kier molecular flexibility index (Phi) is 5.09. The lowest BCUT2D eigenvalue weighted by Crippen LogP contribution is -2.53. The summed E-state index contributed by atoms with van der Waals surface area (Å²) in [6.07, 6.45) is 3.67. The third kappa shape index (κ3) is 3.77. The molecule has 2 aromatic rings.